The topological polar surface area (TPSA) is 55.1 Å². The van der Waals surface area contributed by atoms with E-state index in [4.69, 9.17) is 5.73 Å². The molecule has 0 bridgehead atoms. The monoisotopic (exact) mass is 280 g/mol. The summed E-state index contributed by atoms with van der Waals surface area (Å²) in [6.45, 7) is 4.78. The van der Waals surface area contributed by atoms with Crippen LogP contribution in [-0.4, -0.2) is 29.5 Å². The van der Waals surface area contributed by atoms with Crippen LogP contribution in [0.25, 0.3) is 0 Å². The van der Waals surface area contributed by atoms with Gasteiger partial charge in [-0.15, -0.1) is 24.2 Å². The smallest absolute Gasteiger partial charge is 0.232 e. The normalized spacial score (nSPS) is 18.1. The first-order valence-electron chi connectivity index (χ1n) is 6.30. The summed E-state index contributed by atoms with van der Waals surface area (Å²) >= 11 is 1.73. The van der Waals surface area contributed by atoms with Crippen molar-refractivity contribution in [1.29, 1.82) is 0 Å². The van der Waals surface area contributed by atoms with Crippen LogP contribution in [0.1, 0.15) is 39.5 Å². The SMILES string of the molecule is CCCCSC(C)C(=O)NCC(N)C1CC1.Cl. The fourth-order valence-electron chi connectivity index (χ4n) is 1.53. The first-order valence-corrected chi connectivity index (χ1v) is 7.35. The first kappa shape index (κ1) is 17.1. The summed E-state index contributed by atoms with van der Waals surface area (Å²) in [5.74, 6) is 1.86. The molecular formula is C12H25ClN2OS. The molecule has 0 aromatic rings. The van der Waals surface area contributed by atoms with Crippen LogP contribution in [0, 0.1) is 5.92 Å². The number of halogens is 1. The van der Waals surface area contributed by atoms with Crippen LogP contribution in [-0.2, 0) is 4.79 Å². The zero-order chi connectivity index (χ0) is 12.0. The van der Waals surface area contributed by atoms with Crippen molar-refractivity contribution in [3.63, 3.8) is 0 Å². The van der Waals surface area contributed by atoms with E-state index in [0.717, 1.165) is 5.75 Å². The third-order valence-electron chi connectivity index (χ3n) is 2.97. The van der Waals surface area contributed by atoms with Gasteiger partial charge in [-0.3, -0.25) is 4.79 Å². The van der Waals surface area contributed by atoms with Crippen LogP contribution in [0.3, 0.4) is 0 Å². The van der Waals surface area contributed by atoms with E-state index in [0.29, 0.717) is 12.5 Å². The lowest BCUT2D eigenvalue weighted by Crippen LogP contribution is -2.41. The molecule has 1 saturated carbocycles. The number of hydrogen-bond acceptors (Lipinski definition) is 3. The number of unbranched alkanes of at least 4 members (excludes halogenated alkanes) is 1. The Morgan fingerprint density at radius 3 is 2.71 bits per heavy atom. The number of thioether (sulfide) groups is 1. The van der Waals surface area contributed by atoms with Gasteiger partial charge in [-0.1, -0.05) is 13.3 Å². The first-order chi connectivity index (χ1) is 7.65. The number of nitrogens with two attached hydrogens (primary N) is 1. The molecule has 0 saturated heterocycles. The molecule has 0 aromatic heterocycles. The maximum atomic E-state index is 11.7. The molecule has 1 rings (SSSR count). The fourth-order valence-corrected chi connectivity index (χ4v) is 2.58. The van der Waals surface area contributed by atoms with Crippen molar-refractivity contribution in [1.82, 2.24) is 5.32 Å². The molecular weight excluding hydrogens is 256 g/mol. The summed E-state index contributed by atoms with van der Waals surface area (Å²) in [4.78, 5) is 11.7. The van der Waals surface area contributed by atoms with Gasteiger partial charge in [0.15, 0.2) is 0 Å². The number of nitrogens with one attached hydrogen (secondary N) is 1. The largest absolute Gasteiger partial charge is 0.354 e. The van der Waals surface area contributed by atoms with E-state index < -0.39 is 0 Å². The van der Waals surface area contributed by atoms with E-state index in [1.807, 2.05) is 6.92 Å². The van der Waals surface area contributed by atoms with Crippen molar-refractivity contribution in [2.75, 3.05) is 12.3 Å². The number of carbonyl (C=O) groups excluding carboxylic acids is 1. The predicted molar refractivity (Wildman–Crippen MR) is 77.8 cm³/mol. The van der Waals surface area contributed by atoms with Gasteiger partial charge >= 0.3 is 0 Å². The maximum Gasteiger partial charge on any atom is 0.232 e. The Morgan fingerprint density at radius 1 is 1.53 bits per heavy atom. The molecule has 1 fully saturated rings. The Hall–Kier alpha value is 0.0700. The van der Waals surface area contributed by atoms with Crippen molar-refractivity contribution in [3.05, 3.63) is 0 Å². The molecule has 0 heterocycles. The molecule has 2 unspecified atom stereocenters. The minimum absolute atomic E-state index is 0. The lowest BCUT2D eigenvalue weighted by atomic mass is 10.2. The minimum Gasteiger partial charge on any atom is -0.354 e. The Labute approximate surface area is 115 Å². The average Bonchev–Trinajstić information content (AvgIpc) is 3.09. The van der Waals surface area contributed by atoms with Crippen molar-refractivity contribution >= 4 is 30.1 Å². The van der Waals surface area contributed by atoms with Crippen LogP contribution >= 0.6 is 24.2 Å². The van der Waals surface area contributed by atoms with Crippen LogP contribution in [0.5, 0.6) is 0 Å². The standard InChI is InChI=1S/C12H24N2OS.ClH/c1-3-4-7-16-9(2)12(15)14-8-11(13)10-5-6-10;/h9-11H,3-8,13H2,1-2H3,(H,14,15);1H. The second-order valence-corrected chi connectivity index (χ2v) is 6.06. The Kier molecular flexibility index (Phi) is 9.10. The highest BCUT2D eigenvalue weighted by Gasteiger charge is 2.28. The minimum atomic E-state index is 0. The molecule has 3 N–H and O–H groups in total. The van der Waals surface area contributed by atoms with Crippen molar-refractivity contribution < 1.29 is 4.79 Å². The van der Waals surface area contributed by atoms with Crippen LogP contribution < -0.4 is 11.1 Å². The quantitative estimate of drug-likeness (QED) is 0.670. The Balaban J connectivity index is 0.00000256. The average molecular weight is 281 g/mol. The molecule has 1 aliphatic rings. The summed E-state index contributed by atoms with van der Waals surface area (Å²) in [5, 5.41) is 3.00. The molecule has 0 aliphatic heterocycles. The zero-order valence-corrected chi connectivity index (χ0v) is 12.4. The molecule has 1 amide bonds. The van der Waals surface area contributed by atoms with E-state index in [2.05, 4.69) is 12.2 Å². The van der Waals surface area contributed by atoms with E-state index >= 15 is 0 Å². The summed E-state index contributed by atoms with van der Waals surface area (Å²) in [6, 6.07) is 0.164. The van der Waals surface area contributed by atoms with Crippen LogP contribution in [0.15, 0.2) is 0 Å². The summed E-state index contributed by atoms with van der Waals surface area (Å²) in [6.07, 6.45) is 4.84. The second-order valence-electron chi connectivity index (χ2n) is 4.61. The predicted octanol–water partition coefficient (Wildman–Crippen LogP) is 2.18. The Bertz CT molecular complexity index is 225. The number of rotatable bonds is 8. The summed E-state index contributed by atoms with van der Waals surface area (Å²) in [7, 11) is 0. The highest BCUT2D eigenvalue weighted by Crippen LogP contribution is 2.31. The van der Waals surface area contributed by atoms with Gasteiger partial charge < -0.3 is 11.1 Å². The maximum absolute atomic E-state index is 11.7. The highest BCUT2D eigenvalue weighted by molar-refractivity contribution is 8.00. The lowest BCUT2D eigenvalue weighted by molar-refractivity contribution is -0.120. The van der Waals surface area contributed by atoms with Gasteiger partial charge in [0, 0.05) is 12.6 Å². The lowest BCUT2D eigenvalue weighted by Gasteiger charge is -2.15. The van der Waals surface area contributed by atoms with Crippen LogP contribution in [0.4, 0.5) is 0 Å². The number of carbonyl (C=O) groups is 1. The van der Waals surface area contributed by atoms with Gasteiger partial charge in [0.1, 0.15) is 0 Å². The highest BCUT2D eigenvalue weighted by atomic mass is 35.5. The molecule has 102 valence electrons. The molecule has 3 nitrogen and oxygen atoms in total. The van der Waals surface area contributed by atoms with Crippen LogP contribution in [0.2, 0.25) is 0 Å². The summed E-state index contributed by atoms with van der Waals surface area (Å²) in [5.41, 5.74) is 5.93. The van der Waals surface area contributed by atoms with Crippen molar-refractivity contribution in [3.8, 4) is 0 Å². The van der Waals surface area contributed by atoms with Crippen molar-refractivity contribution in [2.24, 2.45) is 11.7 Å². The van der Waals surface area contributed by atoms with E-state index in [1.165, 1.54) is 25.7 Å². The molecule has 1 aliphatic carbocycles. The van der Waals surface area contributed by atoms with E-state index in [9.17, 15) is 4.79 Å². The van der Waals surface area contributed by atoms with Gasteiger partial charge in [0.2, 0.25) is 5.91 Å². The second kappa shape index (κ2) is 9.06. The molecule has 0 radical (unpaired) electrons. The van der Waals surface area contributed by atoms with Gasteiger partial charge in [-0.25, -0.2) is 0 Å². The molecule has 2 atom stereocenters. The molecule has 0 aromatic carbocycles. The number of hydrogen-bond donors (Lipinski definition) is 2. The van der Waals surface area contributed by atoms with Crippen molar-refractivity contribution in [2.45, 2.75) is 50.8 Å². The third kappa shape index (κ3) is 7.17. The fraction of sp³-hybridized carbons (Fsp3) is 0.917. The zero-order valence-electron chi connectivity index (χ0n) is 10.8. The molecule has 5 heteroatoms. The van der Waals surface area contributed by atoms with E-state index in [-0.39, 0.29) is 29.6 Å². The van der Waals surface area contributed by atoms with Gasteiger partial charge in [0.05, 0.1) is 5.25 Å². The molecule has 0 spiro atoms. The van der Waals surface area contributed by atoms with Gasteiger partial charge in [-0.2, -0.15) is 0 Å². The summed E-state index contributed by atoms with van der Waals surface area (Å²) < 4.78 is 0. The Morgan fingerprint density at radius 2 is 2.18 bits per heavy atom. The number of amides is 1. The van der Waals surface area contributed by atoms with Gasteiger partial charge in [-0.05, 0) is 37.9 Å². The third-order valence-corrected chi connectivity index (χ3v) is 4.21. The van der Waals surface area contributed by atoms with Gasteiger partial charge in [0.25, 0.3) is 0 Å². The van der Waals surface area contributed by atoms with E-state index in [1.54, 1.807) is 11.8 Å². The molecule has 17 heavy (non-hydrogen) atoms.